The van der Waals surface area contributed by atoms with Gasteiger partial charge in [0.2, 0.25) is 0 Å². The first-order chi connectivity index (χ1) is 5.91. The lowest BCUT2D eigenvalue weighted by Crippen LogP contribution is -2.43. The van der Waals surface area contributed by atoms with Crippen molar-refractivity contribution in [3.05, 3.63) is 0 Å². The van der Waals surface area contributed by atoms with Gasteiger partial charge in [0, 0.05) is 12.6 Å². The number of terminal acetylenes is 1. The maximum atomic E-state index is 10.9. The topological polar surface area (TPSA) is 49.3 Å². The van der Waals surface area contributed by atoms with Gasteiger partial charge < -0.3 is 10.4 Å². The van der Waals surface area contributed by atoms with Crippen molar-refractivity contribution in [3.8, 4) is 12.3 Å². The highest BCUT2D eigenvalue weighted by Gasteiger charge is 2.24. The third-order valence-electron chi connectivity index (χ3n) is 1.90. The average molecular weight is 183 g/mol. The molecule has 3 nitrogen and oxygen atoms in total. The fourth-order valence-corrected chi connectivity index (χ4v) is 1.05. The minimum Gasteiger partial charge on any atom is -0.396 e. The van der Waals surface area contributed by atoms with Gasteiger partial charge in [0.15, 0.2) is 0 Å². The Morgan fingerprint density at radius 2 is 2.15 bits per heavy atom. The summed E-state index contributed by atoms with van der Waals surface area (Å²) in [5, 5.41) is 11.5. The van der Waals surface area contributed by atoms with Crippen LogP contribution in [0.2, 0.25) is 0 Å². The molecule has 0 heterocycles. The van der Waals surface area contributed by atoms with Crippen molar-refractivity contribution in [2.24, 2.45) is 5.41 Å². The molecule has 0 aliphatic carbocycles. The highest BCUT2D eigenvalue weighted by atomic mass is 16.3. The second kappa shape index (κ2) is 4.88. The smallest absolute Gasteiger partial charge is 0.295 e. The van der Waals surface area contributed by atoms with Crippen molar-refractivity contribution in [1.82, 2.24) is 5.32 Å². The fourth-order valence-electron chi connectivity index (χ4n) is 1.05. The zero-order valence-corrected chi connectivity index (χ0v) is 8.42. The number of aliphatic hydroxyl groups is 1. The summed E-state index contributed by atoms with van der Waals surface area (Å²) in [6.07, 6.45) is 5.46. The number of carbonyl (C=O) groups excluding carboxylic acids is 1. The predicted octanol–water partition coefficient (Wildman–Crippen LogP) is 0.533. The highest BCUT2D eigenvalue weighted by Crippen LogP contribution is 2.21. The molecular formula is C10H17NO2. The van der Waals surface area contributed by atoms with Gasteiger partial charge in [-0.15, -0.1) is 6.42 Å². The summed E-state index contributed by atoms with van der Waals surface area (Å²) >= 11 is 0. The van der Waals surface area contributed by atoms with Gasteiger partial charge in [0.05, 0.1) is 0 Å². The molecule has 1 unspecified atom stereocenters. The number of hydrogen-bond donors (Lipinski definition) is 2. The summed E-state index contributed by atoms with van der Waals surface area (Å²) in [5.74, 6) is 1.57. The molecule has 74 valence electrons. The van der Waals surface area contributed by atoms with E-state index < -0.39 is 5.91 Å². The molecule has 0 saturated heterocycles. The number of carbonyl (C=O) groups is 1. The van der Waals surface area contributed by atoms with Crippen LogP contribution < -0.4 is 5.32 Å². The lowest BCUT2D eigenvalue weighted by atomic mass is 9.85. The standard InChI is InChI=1S/C10H17NO2/c1-5-9(13)11-8(6-7-12)10(2,3)4/h1,8,12H,6-7H2,2-4H3,(H,11,13). The first-order valence-electron chi connectivity index (χ1n) is 4.29. The Balaban J connectivity index is 4.28. The Hall–Kier alpha value is -1.01. The molecule has 0 radical (unpaired) electrons. The van der Waals surface area contributed by atoms with Crippen LogP contribution in [0.25, 0.3) is 0 Å². The average Bonchev–Trinajstić information content (AvgIpc) is 2.01. The zero-order chi connectivity index (χ0) is 10.5. The SMILES string of the molecule is C#CC(=O)NC(CCO)C(C)(C)C. The van der Waals surface area contributed by atoms with Gasteiger partial charge in [-0.2, -0.15) is 0 Å². The van der Waals surface area contributed by atoms with Gasteiger partial charge in [-0.05, 0) is 17.8 Å². The first-order valence-corrected chi connectivity index (χ1v) is 4.29. The fraction of sp³-hybridized carbons (Fsp3) is 0.700. The molecule has 0 aliphatic heterocycles. The lowest BCUT2D eigenvalue weighted by Gasteiger charge is -2.30. The van der Waals surface area contributed by atoms with Crippen molar-refractivity contribution in [1.29, 1.82) is 0 Å². The van der Waals surface area contributed by atoms with Crippen LogP contribution in [0.3, 0.4) is 0 Å². The second-order valence-corrected chi connectivity index (χ2v) is 4.05. The van der Waals surface area contributed by atoms with Gasteiger partial charge in [0.1, 0.15) is 0 Å². The number of amides is 1. The molecule has 0 rings (SSSR count). The van der Waals surface area contributed by atoms with Gasteiger partial charge in [-0.1, -0.05) is 20.8 Å². The first kappa shape index (κ1) is 12.0. The van der Waals surface area contributed by atoms with E-state index in [1.807, 2.05) is 26.7 Å². The molecule has 0 aromatic carbocycles. The van der Waals surface area contributed by atoms with E-state index in [9.17, 15) is 4.79 Å². The summed E-state index contributed by atoms with van der Waals surface area (Å²) in [6.45, 7) is 6.02. The molecule has 2 N–H and O–H groups in total. The quantitative estimate of drug-likeness (QED) is 0.627. The monoisotopic (exact) mass is 183 g/mol. The lowest BCUT2D eigenvalue weighted by molar-refractivity contribution is -0.117. The molecule has 0 aromatic rings. The number of nitrogens with one attached hydrogen (secondary N) is 1. The maximum absolute atomic E-state index is 10.9. The second-order valence-electron chi connectivity index (χ2n) is 4.05. The Morgan fingerprint density at radius 1 is 1.62 bits per heavy atom. The Bertz CT molecular complexity index is 210. The van der Waals surface area contributed by atoms with E-state index in [-0.39, 0.29) is 18.1 Å². The van der Waals surface area contributed by atoms with Gasteiger partial charge in [-0.25, -0.2) is 0 Å². The number of rotatable bonds is 3. The molecule has 1 amide bonds. The summed E-state index contributed by atoms with van der Waals surface area (Å²) in [7, 11) is 0. The number of aliphatic hydroxyl groups excluding tert-OH is 1. The van der Waals surface area contributed by atoms with Crippen LogP contribution in [0.1, 0.15) is 27.2 Å². The van der Waals surface area contributed by atoms with Crippen LogP contribution in [0.5, 0.6) is 0 Å². The number of hydrogen-bond acceptors (Lipinski definition) is 2. The van der Waals surface area contributed by atoms with Crippen molar-refractivity contribution < 1.29 is 9.90 Å². The van der Waals surface area contributed by atoms with E-state index in [0.29, 0.717) is 6.42 Å². The van der Waals surface area contributed by atoms with Crippen molar-refractivity contribution in [2.75, 3.05) is 6.61 Å². The Kier molecular flexibility index (Phi) is 4.50. The molecular weight excluding hydrogens is 166 g/mol. The van der Waals surface area contributed by atoms with E-state index >= 15 is 0 Å². The van der Waals surface area contributed by atoms with Crippen LogP contribution in [0.4, 0.5) is 0 Å². The van der Waals surface area contributed by atoms with Crippen LogP contribution in [0.15, 0.2) is 0 Å². The predicted molar refractivity (Wildman–Crippen MR) is 51.9 cm³/mol. The summed E-state index contributed by atoms with van der Waals surface area (Å²) < 4.78 is 0. The van der Waals surface area contributed by atoms with Crippen molar-refractivity contribution in [3.63, 3.8) is 0 Å². The summed E-state index contributed by atoms with van der Waals surface area (Å²) in [5.41, 5.74) is -0.0881. The van der Waals surface area contributed by atoms with E-state index in [2.05, 4.69) is 5.32 Å². The Morgan fingerprint density at radius 3 is 2.46 bits per heavy atom. The Labute approximate surface area is 79.5 Å². The van der Waals surface area contributed by atoms with Gasteiger partial charge in [-0.3, -0.25) is 4.79 Å². The molecule has 0 bridgehead atoms. The molecule has 0 fully saturated rings. The molecule has 1 atom stereocenters. The van der Waals surface area contributed by atoms with Crippen LogP contribution in [-0.2, 0) is 4.79 Å². The normalized spacial score (nSPS) is 13.2. The van der Waals surface area contributed by atoms with Crippen LogP contribution in [-0.4, -0.2) is 23.7 Å². The highest BCUT2D eigenvalue weighted by molar-refractivity contribution is 5.93. The summed E-state index contributed by atoms with van der Waals surface area (Å²) in [6, 6.07) is -0.0824. The van der Waals surface area contributed by atoms with Crippen molar-refractivity contribution >= 4 is 5.91 Å². The zero-order valence-electron chi connectivity index (χ0n) is 8.42. The van der Waals surface area contributed by atoms with Gasteiger partial charge in [0.25, 0.3) is 5.91 Å². The van der Waals surface area contributed by atoms with Crippen molar-refractivity contribution in [2.45, 2.75) is 33.2 Å². The third-order valence-corrected chi connectivity index (χ3v) is 1.90. The third kappa shape index (κ3) is 4.54. The molecule has 3 heteroatoms. The maximum Gasteiger partial charge on any atom is 0.295 e. The largest absolute Gasteiger partial charge is 0.396 e. The minimum absolute atomic E-state index is 0.0484. The molecule has 13 heavy (non-hydrogen) atoms. The molecule has 0 saturated carbocycles. The summed E-state index contributed by atoms with van der Waals surface area (Å²) in [4.78, 5) is 10.9. The molecule has 0 aromatic heterocycles. The van der Waals surface area contributed by atoms with E-state index in [4.69, 9.17) is 11.5 Å². The minimum atomic E-state index is -0.423. The molecule has 0 aliphatic rings. The van der Waals surface area contributed by atoms with Crippen LogP contribution in [0, 0.1) is 17.8 Å². The van der Waals surface area contributed by atoms with E-state index in [1.54, 1.807) is 0 Å². The van der Waals surface area contributed by atoms with E-state index in [0.717, 1.165) is 0 Å². The molecule has 0 spiro atoms. The van der Waals surface area contributed by atoms with Crippen LogP contribution >= 0.6 is 0 Å². The van der Waals surface area contributed by atoms with E-state index in [1.165, 1.54) is 0 Å². The van der Waals surface area contributed by atoms with Gasteiger partial charge >= 0.3 is 0 Å².